The monoisotopic (exact) mass is 467 g/mol. The van der Waals surface area contributed by atoms with Gasteiger partial charge in [0.15, 0.2) is 4.96 Å². The molecule has 1 aromatic carbocycles. The van der Waals surface area contributed by atoms with Crippen molar-refractivity contribution in [2.45, 2.75) is 53.5 Å². The van der Waals surface area contributed by atoms with Crippen molar-refractivity contribution in [1.29, 1.82) is 0 Å². The number of halogens is 1. The Kier molecular flexibility index (Phi) is 6.16. The van der Waals surface area contributed by atoms with Crippen molar-refractivity contribution in [2.75, 3.05) is 0 Å². The van der Waals surface area contributed by atoms with Gasteiger partial charge in [-0.1, -0.05) is 13.0 Å². The number of hydrogen-bond donors (Lipinski definition) is 1. The van der Waals surface area contributed by atoms with Crippen LogP contribution in [-0.4, -0.2) is 31.1 Å². The smallest absolute Gasteiger partial charge is 0.268 e. The fraction of sp³-hybridized carbons (Fsp3) is 0.333. The molecule has 0 radical (unpaired) electrons. The third-order valence-corrected chi connectivity index (χ3v) is 6.60. The van der Waals surface area contributed by atoms with Crippen LogP contribution in [0.4, 0.5) is 4.39 Å². The SMILES string of the molecule is CC[C@@H](C)NC(=O)Cc1csc2nc(C)c(-c3cc(C)n(-c4cc(F)ccc4C)n3)c(=O)n12. The number of aromatic nitrogens is 4. The topological polar surface area (TPSA) is 81.3 Å². The van der Waals surface area contributed by atoms with Gasteiger partial charge in [-0.2, -0.15) is 5.10 Å². The second-order valence-corrected chi connectivity index (χ2v) is 9.13. The summed E-state index contributed by atoms with van der Waals surface area (Å²) in [5.74, 6) is -0.496. The zero-order valence-corrected chi connectivity index (χ0v) is 20.1. The third kappa shape index (κ3) is 4.32. The number of amides is 1. The molecule has 3 aromatic heterocycles. The van der Waals surface area contributed by atoms with Crippen LogP contribution < -0.4 is 10.9 Å². The molecule has 0 aliphatic heterocycles. The van der Waals surface area contributed by atoms with Crippen LogP contribution in [0.25, 0.3) is 21.9 Å². The number of rotatable bonds is 6. The Morgan fingerprint density at radius 1 is 1.24 bits per heavy atom. The Hall–Kier alpha value is -3.33. The summed E-state index contributed by atoms with van der Waals surface area (Å²) in [4.78, 5) is 31.1. The summed E-state index contributed by atoms with van der Waals surface area (Å²) < 4.78 is 17.0. The summed E-state index contributed by atoms with van der Waals surface area (Å²) in [5, 5.41) is 9.35. The maximum atomic E-state index is 13.9. The van der Waals surface area contributed by atoms with Gasteiger partial charge in [-0.3, -0.25) is 14.0 Å². The van der Waals surface area contributed by atoms with Crippen molar-refractivity contribution in [3.63, 3.8) is 0 Å². The van der Waals surface area contributed by atoms with Crippen LogP contribution in [0.5, 0.6) is 0 Å². The minimum absolute atomic E-state index is 0.0632. The van der Waals surface area contributed by atoms with E-state index < -0.39 is 0 Å². The summed E-state index contributed by atoms with van der Waals surface area (Å²) in [7, 11) is 0. The van der Waals surface area contributed by atoms with E-state index in [1.54, 1.807) is 29.1 Å². The maximum absolute atomic E-state index is 13.9. The van der Waals surface area contributed by atoms with Crippen molar-refractivity contribution in [3.05, 3.63) is 68.5 Å². The van der Waals surface area contributed by atoms with E-state index in [0.29, 0.717) is 33.3 Å². The number of nitrogens with one attached hydrogen (secondary N) is 1. The fourth-order valence-electron chi connectivity index (χ4n) is 3.77. The van der Waals surface area contributed by atoms with Gasteiger partial charge in [0.25, 0.3) is 5.56 Å². The molecule has 0 fully saturated rings. The summed E-state index contributed by atoms with van der Waals surface area (Å²) in [6, 6.07) is 6.38. The zero-order chi connectivity index (χ0) is 23.9. The molecule has 0 bridgehead atoms. The van der Waals surface area contributed by atoms with E-state index in [1.807, 2.05) is 27.7 Å². The molecule has 4 rings (SSSR count). The number of hydrogen-bond acceptors (Lipinski definition) is 5. The van der Waals surface area contributed by atoms with Gasteiger partial charge in [-0.15, -0.1) is 11.3 Å². The van der Waals surface area contributed by atoms with Crippen molar-refractivity contribution < 1.29 is 9.18 Å². The van der Waals surface area contributed by atoms with E-state index in [2.05, 4.69) is 15.4 Å². The van der Waals surface area contributed by atoms with Crippen LogP contribution in [-0.2, 0) is 11.2 Å². The first kappa shape index (κ1) is 22.8. The highest BCUT2D eigenvalue weighted by molar-refractivity contribution is 7.15. The van der Waals surface area contributed by atoms with Gasteiger partial charge in [0, 0.05) is 22.8 Å². The molecule has 9 heteroatoms. The summed E-state index contributed by atoms with van der Waals surface area (Å²) in [6.45, 7) is 9.45. The van der Waals surface area contributed by atoms with Crippen molar-refractivity contribution >= 4 is 22.2 Å². The fourth-order valence-corrected chi connectivity index (χ4v) is 4.69. The lowest BCUT2D eigenvalue weighted by Crippen LogP contribution is -2.34. The van der Waals surface area contributed by atoms with E-state index in [-0.39, 0.29) is 29.7 Å². The van der Waals surface area contributed by atoms with Gasteiger partial charge in [-0.05, 0) is 57.9 Å². The molecule has 0 saturated heterocycles. The average Bonchev–Trinajstić information content (AvgIpc) is 3.33. The lowest BCUT2D eigenvalue weighted by atomic mass is 10.1. The first-order chi connectivity index (χ1) is 15.7. The van der Waals surface area contributed by atoms with Gasteiger partial charge in [0.2, 0.25) is 5.91 Å². The van der Waals surface area contributed by atoms with E-state index in [9.17, 15) is 14.0 Å². The molecule has 7 nitrogen and oxygen atoms in total. The highest BCUT2D eigenvalue weighted by atomic mass is 32.1. The normalized spacial score (nSPS) is 12.3. The molecule has 1 amide bonds. The van der Waals surface area contributed by atoms with Crippen LogP contribution in [0, 0.1) is 26.6 Å². The molecule has 3 heterocycles. The molecule has 1 atom stereocenters. The largest absolute Gasteiger partial charge is 0.353 e. The number of nitrogens with zero attached hydrogens (tertiary/aromatic N) is 4. The summed E-state index contributed by atoms with van der Waals surface area (Å²) >= 11 is 1.33. The van der Waals surface area contributed by atoms with Crippen molar-refractivity contribution in [1.82, 2.24) is 24.5 Å². The number of carbonyl (C=O) groups excluding carboxylic acids is 1. The molecule has 0 spiro atoms. The van der Waals surface area contributed by atoms with Crippen molar-refractivity contribution in [3.8, 4) is 16.9 Å². The van der Waals surface area contributed by atoms with Crippen LogP contribution in [0.3, 0.4) is 0 Å². The first-order valence-electron chi connectivity index (χ1n) is 10.8. The molecule has 0 unspecified atom stereocenters. The molecule has 4 aromatic rings. The minimum Gasteiger partial charge on any atom is -0.353 e. The van der Waals surface area contributed by atoms with Gasteiger partial charge >= 0.3 is 0 Å². The van der Waals surface area contributed by atoms with E-state index in [4.69, 9.17) is 0 Å². The Morgan fingerprint density at radius 3 is 2.73 bits per heavy atom. The predicted molar refractivity (Wildman–Crippen MR) is 128 cm³/mol. The second kappa shape index (κ2) is 8.90. The molecule has 0 aliphatic carbocycles. The molecular weight excluding hydrogens is 441 g/mol. The van der Waals surface area contributed by atoms with Crippen LogP contribution in [0.1, 0.15) is 42.9 Å². The number of benzene rings is 1. The van der Waals surface area contributed by atoms with Crippen LogP contribution in [0.15, 0.2) is 34.4 Å². The molecule has 1 N–H and O–H groups in total. The van der Waals surface area contributed by atoms with Gasteiger partial charge < -0.3 is 5.32 Å². The molecule has 33 heavy (non-hydrogen) atoms. The third-order valence-electron chi connectivity index (χ3n) is 5.73. The Balaban J connectivity index is 1.80. The first-order valence-corrected chi connectivity index (χ1v) is 11.7. The molecule has 0 saturated carbocycles. The van der Waals surface area contributed by atoms with Gasteiger partial charge in [-0.25, -0.2) is 14.1 Å². The average molecular weight is 468 g/mol. The lowest BCUT2D eigenvalue weighted by Gasteiger charge is -2.11. The Bertz CT molecular complexity index is 1420. The molecule has 172 valence electrons. The van der Waals surface area contributed by atoms with E-state index >= 15 is 0 Å². The minimum atomic E-state index is -0.357. The number of fused-ring (bicyclic) bond motifs is 1. The summed E-state index contributed by atoms with van der Waals surface area (Å²) in [6.07, 6.45) is 0.915. The van der Waals surface area contributed by atoms with Crippen LogP contribution >= 0.6 is 11.3 Å². The van der Waals surface area contributed by atoms with E-state index in [0.717, 1.165) is 17.7 Å². The van der Waals surface area contributed by atoms with E-state index in [1.165, 1.54) is 27.9 Å². The number of carbonyl (C=O) groups is 1. The Morgan fingerprint density at radius 2 is 2.00 bits per heavy atom. The second-order valence-electron chi connectivity index (χ2n) is 8.29. The Labute approximate surface area is 194 Å². The highest BCUT2D eigenvalue weighted by Gasteiger charge is 2.20. The number of thiazole rings is 1. The lowest BCUT2D eigenvalue weighted by molar-refractivity contribution is -0.121. The summed E-state index contributed by atoms with van der Waals surface area (Å²) in [5.41, 5.74) is 3.94. The van der Waals surface area contributed by atoms with Crippen molar-refractivity contribution in [2.24, 2.45) is 0 Å². The molecule has 0 aliphatic rings. The number of aryl methyl sites for hydroxylation is 3. The quantitative estimate of drug-likeness (QED) is 0.462. The van der Waals surface area contributed by atoms with Crippen LogP contribution in [0.2, 0.25) is 0 Å². The van der Waals surface area contributed by atoms with Gasteiger partial charge in [0.05, 0.1) is 23.4 Å². The van der Waals surface area contributed by atoms with Gasteiger partial charge in [0.1, 0.15) is 11.5 Å². The predicted octanol–water partition coefficient (Wildman–Crippen LogP) is 4.13. The maximum Gasteiger partial charge on any atom is 0.268 e. The zero-order valence-electron chi connectivity index (χ0n) is 19.3. The molecular formula is C24H26FN5O2S. The highest BCUT2D eigenvalue weighted by Crippen LogP contribution is 2.25. The standard InChI is InChI=1S/C24H26FN5O2S/c1-6-14(3)26-21(31)11-18-12-33-24-27-16(5)22(23(32)29(18)24)19-9-15(4)30(28-19)20-10-17(25)8-7-13(20)2/h7-10,12,14H,6,11H2,1-5H3,(H,26,31)/t14-/m1/s1.